The Morgan fingerprint density at radius 2 is 1.92 bits per heavy atom. The molecule has 1 saturated heterocycles. The second-order valence-electron chi connectivity index (χ2n) is 5.83. The van der Waals surface area contributed by atoms with Crippen molar-refractivity contribution in [1.29, 1.82) is 0 Å². The monoisotopic (exact) mass is 377 g/mol. The summed E-state index contributed by atoms with van der Waals surface area (Å²) in [5.74, 6) is 0.226. The first kappa shape index (κ1) is 16.1. The van der Waals surface area contributed by atoms with Gasteiger partial charge in [-0.3, -0.25) is 0 Å². The molecule has 1 N–H and O–H groups in total. The first-order valence-electron chi connectivity index (χ1n) is 7.71. The van der Waals surface area contributed by atoms with E-state index in [2.05, 4.69) is 15.3 Å². The van der Waals surface area contributed by atoms with Crippen molar-refractivity contribution >= 4 is 40.6 Å². The van der Waals surface area contributed by atoms with E-state index in [4.69, 9.17) is 23.2 Å². The third-order valence-corrected chi connectivity index (χ3v) is 4.64. The third kappa shape index (κ3) is 2.89. The lowest BCUT2D eigenvalue weighted by molar-refractivity contribution is -0.138. The van der Waals surface area contributed by atoms with Crippen molar-refractivity contribution in [3.63, 3.8) is 0 Å². The molecule has 1 fully saturated rings. The van der Waals surface area contributed by atoms with Crippen LogP contribution in [0, 0.1) is 0 Å². The van der Waals surface area contributed by atoms with Gasteiger partial charge in [-0.05, 0) is 43.2 Å². The van der Waals surface area contributed by atoms with Gasteiger partial charge in [-0.1, -0.05) is 23.2 Å². The zero-order chi connectivity index (χ0) is 17.6. The molecule has 4 rings (SSSR count). The molecule has 3 heterocycles. The number of halogens is 2. The third-order valence-electron chi connectivity index (χ3n) is 4.20. The molecule has 1 aliphatic rings. The molecule has 1 aromatic carbocycles. The lowest BCUT2D eigenvalue weighted by atomic mass is 10.2. The molecule has 0 saturated carbocycles. The van der Waals surface area contributed by atoms with Gasteiger partial charge >= 0.3 is 5.97 Å². The fourth-order valence-electron chi connectivity index (χ4n) is 3.09. The van der Waals surface area contributed by atoms with Crippen LogP contribution in [-0.2, 0) is 4.79 Å². The van der Waals surface area contributed by atoms with Crippen molar-refractivity contribution in [3.05, 3.63) is 40.4 Å². The number of anilines is 1. The Kier molecular flexibility index (Phi) is 3.97. The lowest BCUT2D eigenvalue weighted by Crippen LogP contribution is -2.36. The van der Waals surface area contributed by atoms with E-state index in [0.717, 1.165) is 6.42 Å². The van der Waals surface area contributed by atoms with Crippen molar-refractivity contribution in [2.24, 2.45) is 0 Å². The van der Waals surface area contributed by atoms with Crippen LogP contribution in [0.1, 0.15) is 12.8 Å². The Labute approximate surface area is 152 Å². The molecule has 1 atom stereocenters. The van der Waals surface area contributed by atoms with Gasteiger partial charge in [0.05, 0.1) is 0 Å². The van der Waals surface area contributed by atoms with E-state index in [0.29, 0.717) is 45.9 Å². The Hall–Kier alpha value is -2.38. The van der Waals surface area contributed by atoms with Crippen LogP contribution in [0.2, 0.25) is 10.0 Å². The Bertz CT molecular complexity index is 954. The smallest absolute Gasteiger partial charge is 0.326 e. The lowest BCUT2D eigenvalue weighted by Gasteiger charge is -2.22. The van der Waals surface area contributed by atoms with Gasteiger partial charge in [-0.25, -0.2) is 4.79 Å². The Morgan fingerprint density at radius 1 is 1.16 bits per heavy atom. The average Bonchev–Trinajstić information content (AvgIpc) is 3.20. The van der Waals surface area contributed by atoms with E-state index in [1.165, 1.54) is 0 Å². The summed E-state index contributed by atoms with van der Waals surface area (Å²) in [5, 5.41) is 23.2. The summed E-state index contributed by atoms with van der Waals surface area (Å²) in [6.45, 7) is 0.649. The van der Waals surface area contributed by atoms with Gasteiger partial charge in [0, 0.05) is 22.2 Å². The Morgan fingerprint density at radius 3 is 2.64 bits per heavy atom. The molecular formula is C16H13Cl2N5O2. The van der Waals surface area contributed by atoms with E-state index >= 15 is 0 Å². The highest BCUT2D eigenvalue weighted by atomic mass is 35.5. The Balaban J connectivity index is 1.81. The molecular weight excluding hydrogens is 365 g/mol. The standard InChI is InChI=1S/C16H13Cl2N5O2/c17-10-6-9(7-11(18)8-10)15-20-19-13-3-4-14(21-23(13)15)22-5-1-2-12(22)16(24)25/h3-4,6-8,12H,1-2,5H2,(H,24,25). The summed E-state index contributed by atoms with van der Waals surface area (Å²) in [4.78, 5) is 13.2. The maximum Gasteiger partial charge on any atom is 0.326 e. The number of nitrogens with zero attached hydrogens (tertiary/aromatic N) is 5. The zero-order valence-corrected chi connectivity index (χ0v) is 14.4. The molecule has 7 nitrogen and oxygen atoms in total. The molecule has 9 heteroatoms. The predicted octanol–water partition coefficient (Wildman–Crippen LogP) is 3.15. The molecule has 25 heavy (non-hydrogen) atoms. The highest BCUT2D eigenvalue weighted by Crippen LogP contribution is 2.28. The summed E-state index contributed by atoms with van der Waals surface area (Å²) >= 11 is 12.1. The van der Waals surface area contributed by atoms with Crippen LogP contribution < -0.4 is 4.90 Å². The van der Waals surface area contributed by atoms with Gasteiger partial charge in [-0.15, -0.1) is 15.3 Å². The van der Waals surface area contributed by atoms with Crippen molar-refractivity contribution in [2.75, 3.05) is 11.4 Å². The molecule has 3 aromatic rings. The number of hydrogen-bond acceptors (Lipinski definition) is 5. The van der Waals surface area contributed by atoms with Crippen LogP contribution in [0.3, 0.4) is 0 Å². The van der Waals surface area contributed by atoms with Crippen LogP contribution in [0.15, 0.2) is 30.3 Å². The quantitative estimate of drug-likeness (QED) is 0.754. The average molecular weight is 378 g/mol. The van der Waals surface area contributed by atoms with Crippen LogP contribution >= 0.6 is 23.2 Å². The number of fused-ring (bicyclic) bond motifs is 1. The second-order valence-corrected chi connectivity index (χ2v) is 6.71. The molecule has 0 aliphatic carbocycles. The first-order valence-corrected chi connectivity index (χ1v) is 8.47. The first-order chi connectivity index (χ1) is 12.0. The summed E-state index contributed by atoms with van der Waals surface area (Å²) in [5.41, 5.74) is 1.24. The second kappa shape index (κ2) is 6.16. The highest BCUT2D eigenvalue weighted by molar-refractivity contribution is 6.35. The maximum atomic E-state index is 11.4. The summed E-state index contributed by atoms with van der Waals surface area (Å²) in [6.07, 6.45) is 1.42. The zero-order valence-electron chi connectivity index (χ0n) is 12.9. The van der Waals surface area contributed by atoms with Crippen molar-refractivity contribution in [2.45, 2.75) is 18.9 Å². The van der Waals surface area contributed by atoms with Crippen molar-refractivity contribution < 1.29 is 9.90 Å². The minimum atomic E-state index is -0.843. The van der Waals surface area contributed by atoms with Crippen molar-refractivity contribution in [1.82, 2.24) is 19.8 Å². The van der Waals surface area contributed by atoms with E-state index in [9.17, 15) is 9.90 Å². The van der Waals surface area contributed by atoms with Gasteiger partial charge in [0.2, 0.25) is 0 Å². The van der Waals surface area contributed by atoms with E-state index in [1.807, 2.05) is 0 Å². The predicted molar refractivity (Wildman–Crippen MR) is 94.2 cm³/mol. The van der Waals surface area contributed by atoms with Gasteiger partial charge in [-0.2, -0.15) is 4.52 Å². The topological polar surface area (TPSA) is 83.6 Å². The molecule has 0 bridgehead atoms. The number of carbonyl (C=O) groups is 1. The van der Waals surface area contributed by atoms with Gasteiger partial charge in [0.15, 0.2) is 11.5 Å². The minimum Gasteiger partial charge on any atom is -0.480 e. The molecule has 1 unspecified atom stereocenters. The van der Waals surface area contributed by atoms with Crippen LogP contribution in [0.4, 0.5) is 5.82 Å². The van der Waals surface area contributed by atoms with Gasteiger partial charge in [0.25, 0.3) is 0 Å². The number of aromatic nitrogens is 4. The summed E-state index contributed by atoms with van der Waals surface area (Å²) < 4.78 is 1.58. The van der Waals surface area contributed by atoms with E-state index < -0.39 is 12.0 Å². The number of rotatable bonds is 3. The number of aliphatic carboxylic acids is 1. The minimum absolute atomic E-state index is 0.487. The molecule has 2 aromatic heterocycles. The van der Waals surface area contributed by atoms with Crippen LogP contribution in [0.25, 0.3) is 17.0 Å². The van der Waals surface area contributed by atoms with Crippen LogP contribution in [0.5, 0.6) is 0 Å². The number of carboxylic acids is 1. The van der Waals surface area contributed by atoms with E-state index in [1.54, 1.807) is 39.7 Å². The van der Waals surface area contributed by atoms with Crippen LogP contribution in [-0.4, -0.2) is 43.5 Å². The largest absolute Gasteiger partial charge is 0.480 e. The molecule has 0 spiro atoms. The number of carboxylic acid groups (broad SMARTS) is 1. The molecule has 128 valence electrons. The van der Waals surface area contributed by atoms with E-state index in [-0.39, 0.29) is 0 Å². The SMILES string of the molecule is O=C(O)C1CCCN1c1ccc2nnc(-c3cc(Cl)cc(Cl)c3)n2n1. The number of hydrogen-bond donors (Lipinski definition) is 1. The highest BCUT2D eigenvalue weighted by Gasteiger charge is 2.31. The molecule has 0 radical (unpaired) electrons. The van der Waals surface area contributed by atoms with Crippen molar-refractivity contribution in [3.8, 4) is 11.4 Å². The maximum absolute atomic E-state index is 11.4. The normalized spacial score (nSPS) is 17.4. The summed E-state index contributed by atoms with van der Waals surface area (Å²) in [7, 11) is 0. The number of benzene rings is 1. The van der Waals surface area contributed by atoms with Gasteiger partial charge in [0.1, 0.15) is 11.9 Å². The molecule has 1 aliphatic heterocycles. The summed E-state index contributed by atoms with van der Waals surface area (Å²) in [6, 6.07) is 8.06. The molecule has 0 amide bonds. The van der Waals surface area contributed by atoms with Gasteiger partial charge < -0.3 is 10.0 Å². The fourth-order valence-corrected chi connectivity index (χ4v) is 3.62. The fraction of sp³-hybridized carbons (Fsp3) is 0.250.